The van der Waals surface area contributed by atoms with Gasteiger partial charge in [-0.3, -0.25) is 9.20 Å². The third kappa shape index (κ3) is 2.32. The number of aliphatic hydroxyl groups is 1. The summed E-state index contributed by atoms with van der Waals surface area (Å²) in [4.78, 5) is 16.4. The van der Waals surface area contributed by atoms with Crippen molar-refractivity contribution in [3.63, 3.8) is 0 Å². The van der Waals surface area contributed by atoms with Gasteiger partial charge in [-0.2, -0.15) is 0 Å². The fraction of sp³-hybridized carbons (Fsp3) is 0.333. The molecule has 0 atom stereocenters. The number of amides is 1. The van der Waals surface area contributed by atoms with E-state index in [4.69, 9.17) is 16.7 Å². The number of carbonyl (C=O) groups is 1. The maximum Gasteiger partial charge on any atom is 0.270 e. The van der Waals surface area contributed by atoms with Gasteiger partial charge in [-0.1, -0.05) is 18.5 Å². The molecule has 2 aromatic rings. The smallest absolute Gasteiger partial charge is 0.270 e. The van der Waals surface area contributed by atoms with Crippen molar-refractivity contribution in [3.05, 3.63) is 34.7 Å². The van der Waals surface area contributed by atoms with Crippen molar-refractivity contribution in [1.82, 2.24) is 14.7 Å². The molecule has 0 bridgehead atoms. The lowest BCUT2D eigenvalue weighted by Crippen LogP contribution is -2.28. The van der Waals surface area contributed by atoms with Crippen LogP contribution in [0.1, 0.15) is 23.1 Å². The second kappa shape index (κ2) is 5.37. The minimum Gasteiger partial charge on any atom is -0.395 e. The second-order valence-electron chi connectivity index (χ2n) is 3.81. The summed E-state index contributed by atoms with van der Waals surface area (Å²) in [6, 6.07) is 3.42. The molecule has 5 nitrogen and oxygen atoms in total. The van der Waals surface area contributed by atoms with Crippen LogP contribution in [0.25, 0.3) is 5.65 Å². The van der Waals surface area contributed by atoms with E-state index in [1.165, 1.54) is 0 Å². The van der Waals surface area contributed by atoms with Gasteiger partial charge in [0.15, 0.2) is 0 Å². The number of imidazole rings is 1. The van der Waals surface area contributed by atoms with E-state index < -0.39 is 0 Å². The average Bonchev–Trinajstić information content (AvgIpc) is 2.73. The Hall–Kier alpha value is -1.59. The van der Waals surface area contributed by atoms with Crippen molar-refractivity contribution < 1.29 is 9.90 Å². The molecule has 0 fully saturated rings. The van der Waals surface area contributed by atoms with Gasteiger partial charge < -0.3 is 10.4 Å². The molecule has 0 aliphatic heterocycles. The molecule has 96 valence electrons. The maximum absolute atomic E-state index is 12.0. The molecule has 2 rings (SSSR count). The molecule has 0 saturated heterocycles. The average molecular weight is 268 g/mol. The fourth-order valence-corrected chi connectivity index (χ4v) is 1.96. The summed E-state index contributed by atoms with van der Waals surface area (Å²) in [5.41, 5.74) is 1.86. The van der Waals surface area contributed by atoms with Crippen molar-refractivity contribution in [3.8, 4) is 0 Å². The van der Waals surface area contributed by atoms with Crippen LogP contribution in [0.2, 0.25) is 5.02 Å². The monoisotopic (exact) mass is 267 g/mol. The fourth-order valence-electron chi connectivity index (χ4n) is 1.81. The molecule has 2 aromatic heterocycles. The number of fused-ring (bicyclic) bond motifs is 1. The van der Waals surface area contributed by atoms with Gasteiger partial charge in [0.1, 0.15) is 11.3 Å². The number of aliphatic hydroxyl groups excluding tert-OH is 1. The van der Waals surface area contributed by atoms with Gasteiger partial charge >= 0.3 is 0 Å². The zero-order chi connectivity index (χ0) is 13.1. The van der Waals surface area contributed by atoms with Crippen LogP contribution >= 0.6 is 11.6 Å². The molecule has 0 unspecified atom stereocenters. The quantitative estimate of drug-likeness (QED) is 0.877. The molecule has 0 aromatic carbocycles. The third-order valence-corrected chi connectivity index (χ3v) is 2.84. The van der Waals surface area contributed by atoms with Crippen LogP contribution in [-0.2, 0) is 6.42 Å². The summed E-state index contributed by atoms with van der Waals surface area (Å²) < 4.78 is 1.71. The SMILES string of the molecule is CCc1nc2cc(Cl)ccn2c1C(=O)NCCO. The molecule has 1 amide bonds. The lowest BCUT2D eigenvalue weighted by atomic mass is 10.2. The molecular formula is C12H14ClN3O2. The van der Waals surface area contributed by atoms with E-state index in [0.29, 0.717) is 28.5 Å². The molecule has 18 heavy (non-hydrogen) atoms. The summed E-state index contributed by atoms with van der Waals surface area (Å²) in [5.74, 6) is -0.240. The van der Waals surface area contributed by atoms with E-state index in [1.54, 1.807) is 22.7 Å². The van der Waals surface area contributed by atoms with Gasteiger partial charge in [-0.25, -0.2) is 4.98 Å². The Balaban J connectivity index is 2.49. The molecule has 0 spiro atoms. The van der Waals surface area contributed by atoms with Gasteiger partial charge in [0, 0.05) is 23.8 Å². The van der Waals surface area contributed by atoms with Crippen molar-refractivity contribution in [2.75, 3.05) is 13.2 Å². The minimum atomic E-state index is -0.240. The van der Waals surface area contributed by atoms with E-state index in [0.717, 1.165) is 0 Å². The van der Waals surface area contributed by atoms with Crippen LogP contribution in [0.4, 0.5) is 0 Å². The number of rotatable bonds is 4. The van der Waals surface area contributed by atoms with Gasteiger partial charge in [0.2, 0.25) is 0 Å². The lowest BCUT2D eigenvalue weighted by molar-refractivity contribution is 0.0938. The minimum absolute atomic E-state index is 0.0875. The first-order valence-corrected chi connectivity index (χ1v) is 6.10. The molecule has 0 aliphatic carbocycles. The number of hydrogen-bond acceptors (Lipinski definition) is 3. The van der Waals surface area contributed by atoms with Crippen molar-refractivity contribution >= 4 is 23.2 Å². The lowest BCUT2D eigenvalue weighted by Gasteiger charge is -2.04. The van der Waals surface area contributed by atoms with Crippen LogP contribution in [0, 0.1) is 0 Å². The number of hydrogen-bond donors (Lipinski definition) is 2. The summed E-state index contributed by atoms with van der Waals surface area (Å²) in [7, 11) is 0. The van der Waals surface area contributed by atoms with E-state index in [2.05, 4.69) is 10.3 Å². The normalized spacial score (nSPS) is 10.8. The number of nitrogens with zero attached hydrogens (tertiary/aromatic N) is 2. The molecule has 2 heterocycles. The standard InChI is InChI=1S/C12H14ClN3O2/c1-2-9-11(12(18)14-4-6-17)16-5-3-8(13)7-10(16)15-9/h3,5,7,17H,2,4,6H2,1H3,(H,14,18). The highest BCUT2D eigenvalue weighted by Gasteiger charge is 2.17. The molecular weight excluding hydrogens is 254 g/mol. The van der Waals surface area contributed by atoms with Gasteiger partial charge in [-0.15, -0.1) is 0 Å². The zero-order valence-electron chi connectivity index (χ0n) is 9.98. The Morgan fingerprint density at radius 2 is 2.39 bits per heavy atom. The van der Waals surface area contributed by atoms with Crippen molar-refractivity contribution in [2.24, 2.45) is 0 Å². The Kier molecular flexibility index (Phi) is 3.84. The Morgan fingerprint density at radius 1 is 1.61 bits per heavy atom. The topological polar surface area (TPSA) is 66.6 Å². The number of pyridine rings is 1. The Bertz CT molecular complexity index is 580. The first-order valence-electron chi connectivity index (χ1n) is 5.73. The Morgan fingerprint density at radius 3 is 3.06 bits per heavy atom. The number of halogens is 1. The van der Waals surface area contributed by atoms with Crippen LogP contribution in [-0.4, -0.2) is 33.6 Å². The van der Waals surface area contributed by atoms with Crippen molar-refractivity contribution in [2.45, 2.75) is 13.3 Å². The molecule has 0 aliphatic rings. The molecule has 0 radical (unpaired) electrons. The summed E-state index contributed by atoms with van der Waals surface area (Å²) in [6.45, 7) is 2.07. The highest BCUT2D eigenvalue weighted by molar-refractivity contribution is 6.30. The van der Waals surface area contributed by atoms with E-state index in [1.807, 2.05) is 6.92 Å². The van der Waals surface area contributed by atoms with Crippen molar-refractivity contribution in [1.29, 1.82) is 0 Å². The highest BCUT2D eigenvalue weighted by Crippen LogP contribution is 2.17. The summed E-state index contributed by atoms with van der Waals surface area (Å²) in [5, 5.41) is 11.9. The van der Waals surface area contributed by atoms with Gasteiger partial charge in [-0.05, 0) is 12.5 Å². The number of carbonyl (C=O) groups excluding carboxylic acids is 1. The molecule has 6 heteroatoms. The van der Waals surface area contributed by atoms with Crippen LogP contribution in [0.5, 0.6) is 0 Å². The summed E-state index contributed by atoms with van der Waals surface area (Å²) >= 11 is 5.90. The highest BCUT2D eigenvalue weighted by atomic mass is 35.5. The molecule has 0 saturated carbocycles. The molecule has 2 N–H and O–H groups in total. The van der Waals surface area contributed by atoms with Gasteiger partial charge in [0.25, 0.3) is 5.91 Å². The number of aryl methyl sites for hydroxylation is 1. The third-order valence-electron chi connectivity index (χ3n) is 2.61. The van der Waals surface area contributed by atoms with E-state index in [9.17, 15) is 4.79 Å². The predicted molar refractivity (Wildman–Crippen MR) is 69.0 cm³/mol. The largest absolute Gasteiger partial charge is 0.395 e. The summed E-state index contributed by atoms with van der Waals surface area (Å²) in [6.07, 6.45) is 2.37. The first-order chi connectivity index (χ1) is 8.67. The van der Waals surface area contributed by atoms with Crippen LogP contribution in [0.3, 0.4) is 0 Å². The van der Waals surface area contributed by atoms with Gasteiger partial charge in [0.05, 0.1) is 12.3 Å². The predicted octanol–water partition coefficient (Wildman–Crippen LogP) is 1.27. The van der Waals surface area contributed by atoms with E-state index >= 15 is 0 Å². The first kappa shape index (κ1) is 12.9. The van der Waals surface area contributed by atoms with E-state index in [-0.39, 0.29) is 19.1 Å². The van der Waals surface area contributed by atoms with Crippen LogP contribution in [0.15, 0.2) is 18.3 Å². The Labute approximate surface area is 109 Å². The number of nitrogens with one attached hydrogen (secondary N) is 1. The maximum atomic E-state index is 12.0. The number of aromatic nitrogens is 2. The second-order valence-corrected chi connectivity index (χ2v) is 4.25. The zero-order valence-corrected chi connectivity index (χ0v) is 10.7. The van der Waals surface area contributed by atoms with Crippen LogP contribution < -0.4 is 5.32 Å².